The van der Waals surface area contributed by atoms with Gasteiger partial charge in [0.15, 0.2) is 5.76 Å². The predicted molar refractivity (Wildman–Crippen MR) is 92.0 cm³/mol. The first-order chi connectivity index (χ1) is 12.3. The maximum absolute atomic E-state index is 12.0. The molecule has 4 rings (SSSR count). The van der Waals surface area contributed by atoms with E-state index in [9.17, 15) is 4.79 Å². The average Bonchev–Trinajstić information content (AvgIpc) is 3.33. The Kier molecular flexibility index (Phi) is 4.81. The molecule has 1 saturated heterocycles. The molecule has 25 heavy (non-hydrogen) atoms. The number of fused-ring (bicyclic) bond motifs is 1. The van der Waals surface area contributed by atoms with Crippen molar-refractivity contribution in [3.63, 3.8) is 0 Å². The van der Waals surface area contributed by atoms with Crippen LogP contribution in [0.25, 0.3) is 0 Å². The van der Waals surface area contributed by atoms with Crippen LogP contribution in [0.1, 0.15) is 33.7 Å². The number of carbonyl (C=O) groups is 1. The van der Waals surface area contributed by atoms with Crippen molar-refractivity contribution in [2.75, 3.05) is 26.3 Å². The van der Waals surface area contributed by atoms with Crippen molar-refractivity contribution in [1.29, 1.82) is 0 Å². The molecule has 1 N–H and O–H groups in total. The van der Waals surface area contributed by atoms with E-state index in [4.69, 9.17) is 9.15 Å². The van der Waals surface area contributed by atoms with Crippen LogP contribution in [-0.4, -0.2) is 42.1 Å². The van der Waals surface area contributed by atoms with Gasteiger partial charge in [0, 0.05) is 45.2 Å². The van der Waals surface area contributed by atoms with Crippen molar-refractivity contribution in [2.24, 2.45) is 5.92 Å². The van der Waals surface area contributed by atoms with Gasteiger partial charge in [-0.1, -0.05) is 0 Å². The lowest BCUT2D eigenvalue weighted by molar-refractivity contribution is 0.0923. The molecule has 2 aliphatic heterocycles. The molecule has 0 bridgehead atoms. The molecular weight excluding hydrogens is 318 g/mol. The molecule has 0 unspecified atom stereocenters. The van der Waals surface area contributed by atoms with Gasteiger partial charge in [-0.05, 0) is 47.6 Å². The maximum Gasteiger partial charge on any atom is 0.287 e. The van der Waals surface area contributed by atoms with E-state index < -0.39 is 0 Å². The minimum atomic E-state index is -0.193. The average molecular weight is 341 g/mol. The van der Waals surface area contributed by atoms with Gasteiger partial charge in [0.05, 0.1) is 12.9 Å². The van der Waals surface area contributed by atoms with Gasteiger partial charge in [-0.3, -0.25) is 14.7 Å². The lowest BCUT2D eigenvalue weighted by atomic mass is 9.96. The number of carbonyl (C=O) groups excluding carboxylic acids is 1. The number of ether oxygens (including phenoxy) is 1. The second-order valence-corrected chi connectivity index (χ2v) is 6.81. The quantitative estimate of drug-likeness (QED) is 0.901. The Morgan fingerprint density at radius 3 is 3.16 bits per heavy atom. The van der Waals surface area contributed by atoms with Crippen LogP contribution in [0.3, 0.4) is 0 Å². The molecule has 0 aliphatic carbocycles. The number of pyridine rings is 1. The number of rotatable bonds is 5. The molecule has 2 aliphatic rings. The van der Waals surface area contributed by atoms with Crippen molar-refractivity contribution in [2.45, 2.75) is 25.9 Å². The van der Waals surface area contributed by atoms with Crippen LogP contribution in [-0.2, 0) is 24.2 Å². The van der Waals surface area contributed by atoms with Gasteiger partial charge in [0.1, 0.15) is 0 Å². The minimum Gasteiger partial charge on any atom is -0.459 e. The van der Waals surface area contributed by atoms with Crippen molar-refractivity contribution >= 4 is 5.91 Å². The third kappa shape index (κ3) is 3.75. The Balaban J connectivity index is 1.39. The lowest BCUT2D eigenvalue weighted by Crippen LogP contribution is -2.35. The summed E-state index contributed by atoms with van der Waals surface area (Å²) < 4.78 is 10.6. The normalized spacial score (nSPS) is 20.4. The van der Waals surface area contributed by atoms with E-state index in [0.29, 0.717) is 18.2 Å². The number of nitrogens with zero attached hydrogens (tertiary/aromatic N) is 2. The van der Waals surface area contributed by atoms with Gasteiger partial charge in [-0.2, -0.15) is 0 Å². The number of nitrogens with one attached hydrogen (secondary N) is 1. The SMILES string of the molecule is O=C(NCc1cncc2c1CCN(C[C@H]1CCOC1)C2)c1ccco1. The Morgan fingerprint density at radius 1 is 1.40 bits per heavy atom. The predicted octanol–water partition coefficient (Wildman–Crippen LogP) is 2.00. The van der Waals surface area contributed by atoms with E-state index in [1.54, 1.807) is 12.1 Å². The maximum atomic E-state index is 12.0. The highest BCUT2D eigenvalue weighted by Gasteiger charge is 2.24. The fourth-order valence-electron chi connectivity index (χ4n) is 3.70. The van der Waals surface area contributed by atoms with Gasteiger partial charge in [0.25, 0.3) is 5.91 Å². The second-order valence-electron chi connectivity index (χ2n) is 6.81. The van der Waals surface area contributed by atoms with E-state index in [2.05, 4.69) is 15.2 Å². The molecule has 1 fully saturated rings. The number of furan rings is 1. The zero-order valence-electron chi connectivity index (χ0n) is 14.2. The van der Waals surface area contributed by atoms with Gasteiger partial charge in [0.2, 0.25) is 0 Å². The molecule has 0 spiro atoms. The van der Waals surface area contributed by atoms with Crippen LogP contribution in [0.5, 0.6) is 0 Å². The Bertz CT molecular complexity index is 724. The topological polar surface area (TPSA) is 67.6 Å². The summed E-state index contributed by atoms with van der Waals surface area (Å²) in [6, 6.07) is 3.38. The zero-order valence-corrected chi connectivity index (χ0v) is 14.2. The molecule has 0 saturated carbocycles. The molecule has 2 aromatic heterocycles. The van der Waals surface area contributed by atoms with E-state index in [1.807, 2.05) is 12.4 Å². The van der Waals surface area contributed by atoms with Gasteiger partial charge in [-0.15, -0.1) is 0 Å². The van der Waals surface area contributed by atoms with E-state index in [-0.39, 0.29) is 5.91 Å². The molecule has 0 radical (unpaired) electrons. The van der Waals surface area contributed by atoms with Crippen LogP contribution in [0.4, 0.5) is 0 Å². The van der Waals surface area contributed by atoms with Gasteiger partial charge < -0.3 is 14.5 Å². The standard InChI is InChI=1S/C19H23N3O3/c23-19(18-2-1-6-25-18)21-10-15-8-20-9-16-12-22(5-3-17(15)16)11-14-4-7-24-13-14/h1-2,6,8-9,14H,3-5,7,10-13H2,(H,21,23)/t14-/m1/s1. The minimum absolute atomic E-state index is 0.193. The number of aromatic nitrogens is 1. The molecule has 4 heterocycles. The van der Waals surface area contributed by atoms with Crippen molar-refractivity contribution < 1.29 is 13.9 Å². The van der Waals surface area contributed by atoms with E-state index in [0.717, 1.165) is 44.8 Å². The number of hydrogen-bond acceptors (Lipinski definition) is 5. The molecule has 1 atom stereocenters. The largest absolute Gasteiger partial charge is 0.459 e. The van der Waals surface area contributed by atoms with Crippen LogP contribution in [0, 0.1) is 5.92 Å². The molecule has 2 aromatic rings. The fourth-order valence-corrected chi connectivity index (χ4v) is 3.70. The van der Waals surface area contributed by atoms with E-state index >= 15 is 0 Å². The Labute approximate surface area is 147 Å². The third-order valence-electron chi connectivity index (χ3n) is 5.03. The highest BCUT2D eigenvalue weighted by molar-refractivity contribution is 5.91. The Morgan fingerprint density at radius 2 is 2.36 bits per heavy atom. The van der Waals surface area contributed by atoms with Crippen LogP contribution >= 0.6 is 0 Å². The second kappa shape index (κ2) is 7.37. The summed E-state index contributed by atoms with van der Waals surface area (Å²) in [4.78, 5) is 18.9. The van der Waals surface area contributed by atoms with Gasteiger partial charge in [-0.25, -0.2) is 0 Å². The van der Waals surface area contributed by atoms with Crippen molar-refractivity contribution in [3.05, 3.63) is 53.2 Å². The van der Waals surface area contributed by atoms with Crippen molar-refractivity contribution in [1.82, 2.24) is 15.2 Å². The summed E-state index contributed by atoms with van der Waals surface area (Å²) in [6.07, 6.45) is 7.49. The molecule has 6 heteroatoms. The summed E-state index contributed by atoms with van der Waals surface area (Å²) in [6.45, 7) is 5.34. The summed E-state index contributed by atoms with van der Waals surface area (Å²) in [5.74, 6) is 0.800. The van der Waals surface area contributed by atoms with Crippen LogP contribution < -0.4 is 5.32 Å². The highest BCUT2D eigenvalue weighted by atomic mass is 16.5. The van der Waals surface area contributed by atoms with E-state index in [1.165, 1.54) is 23.8 Å². The third-order valence-corrected chi connectivity index (χ3v) is 5.03. The lowest BCUT2D eigenvalue weighted by Gasteiger charge is -2.31. The molecule has 1 amide bonds. The smallest absolute Gasteiger partial charge is 0.287 e. The summed E-state index contributed by atoms with van der Waals surface area (Å²) in [5, 5.41) is 2.92. The molecule has 0 aromatic carbocycles. The number of hydrogen-bond donors (Lipinski definition) is 1. The Hall–Kier alpha value is -2.18. The van der Waals surface area contributed by atoms with Crippen molar-refractivity contribution in [3.8, 4) is 0 Å². The highest BCUT2D eigenvalue weighted by Crippen LogP contribution is 2.24. The first-order valence-corrected chi connectivity index (χ1v) is 8.86. The molecular formula is C19H23N3O3. The van der Waals surface area contributed by atoms with Crippen LogP contribution in [0.15, 0.2) is 35.2 Å². The fraction of sp³-hybridized carbons (Fsp3) is 0.474. The van der Waals surface area contributed by atoms with Gasteiger partial charge >= 0.3 is 0 Å². The summed E-state index contributed by atoms with van der Waals surface area (Å²) in [7, 11) is 0. The zero-order chi connectivity index (χ0) is 17.1. The molecule has 6 nitrogen and oxygen atoms in total. The summed E-state index contributed by atoms with van der Waals surface area (Å²) >= 11 is 0. The molecule has 132 valence electrons. The number of amides is 1. The first-order valence-electron chi connectivity index (χ1n) is 8.86. The summed E-state index contributed by atoms with van der Waals surface area (Å²) in [5.41, 5.74) is 3.70. The van der Waals surface area contributed by atoms with Crippen LogP contribution in [0.2, 0.25) is 0 Å². The monoisotopic (exact) mass is 341 g/mol. The first kappa shape index (κ1) is 16.3.